The molecule has 0 unspecified atom stereocenters. The van der Waals surface area contributed by atoms with Gasteiger partial charge in [0.25, 0.3) is 11.8 Å². The van der Waals surface area contributed by atoms with Gasteiger partial charge in [0.05, 0.1) is 6.04 Å². The first kappa shape index (κ1) is 22.3. The minimum atomic E-state index is -0.398. The molecule has 3 aromatic rings. The number of carbonyl (C=O) groups excluding carboxylic acids is 2. The summed E-state index contributed by atoms with van der Waals surface area (Å²) in [6.45, 7) is 8.04. The summed E-state index contributed by atoms with van der Waals surface area (Å²) in [4.78, 5) is 25.8. The number of aryl methyl sites for hydroxylation is 1. The predicted molar refractivity (Wildman–Crippen MR) is 122 cm³/mol. The van der Waals surface area contributed by atoms with Gasteiger partial charge in [-0.1, -0.05) is 57.2 Å². The number of furan rings is 1. The predicted octanol–water partition coefficient (Wildman–Crippen LogP) is 5.15. The van der Waals surface area contributed by atoms with Gasteiger partial charge < -0.3 is 15.1 Å². The van der Waals surface area contributed by atoms with Crippen molar-refractivity contribution in [1.82, 2.24) is 10.6 Å². The minimum Gasteiger partial charge on any atom is -0.464 e. The van der Waals surface area contributed by atoms with E-state index in [9.17, 15) is 9.59 Å². The van der Waals surface area contributed by atoms with E-state index in [2.05, 4.69) is 24.5 Å². The van der Waals surface area contributed by atoms with Gasteiger partial charge >= 0.3 is 0 Å². The highest BCUT2D eigenvalue weighted by Crippen LogP contribution is 2.30. The van der Waals surface area contributed by atoms with E-state index in [0.717, 1.165) is 5.76 Å². The monoisotopic (exact) mass is 418 g/mol. The number of hydrogen-bond donors (Lipinski definition) is 2. The average molecular weight is 419 g/mol. The molecule has 0 aliphatic heterocycles. The van der Waals surface area contributed by atoms with Crippen molar-refractivity contribution in [2.24, 2.45) is 11.8 Å². The fourth-order valence-corrected chi connectivity index (χ4v) is 3.83. The summed E-state index contributed by atoms with van der Waals surface area (Å²) in [6, 6.07) is 21.5. The number of amides is 2. The molecule has 3 rings (SSSR count). The van der Waals surface area contributed by atoms with Crippen molar-refractivity contribution in [2.45, 2.75) is 39.8 Å². The molecule has 31 heavy (non-hydrogen) atoms. The van der Waals surface area contributed by atoms with Crippen LogP contribution in [0.1, 0.15) is 59.0 Å². The van der Waals surface area contributed by atoms with E-state index in [0.29, 0.717) is 16.9 Å². The molecule has 0 radical (unpaired) electrons. The third-order valence-corrected chi connectivity index (χ3v) is 5.53. The smallest absolute Gasteiger partial charge is 0.251 e. The Bertz CT molecular complexity index is 996. The Morgan fingerprint density at radius 3 is 1.71 bits per heavy atom. The molecule has 0 fully saturated rings. The molecule has 0 spiro atoms. The minimum absolute atomic E-state index is 0.120. The zero-order valence-corrected chi connectivity index (χ0v) is 18.5. The largest absolute Gasteiger partial charge is 0.464 e. The molecule has 0 aliphatic carbocycles. The highest BCUT2D eigenvalue weighted by molar-refractivity contribution is 5.95. The summed E-state index contributed by atoms with van der Waals surface area (Å²) in [5.74, 6) is 1.17. The highest BCUT2D eigenvalue weighted by atomic mass is 16.3. The number of nitrogens with one attached hydrogen (secondary N) is 2. The van der Waals surface area contributed by atoms with Crippen LogP contribution in [0.4, 0.5) is 0 Å². The van der Waals surface area contributed by atoms with E-state index in [4.69, 9.17) is 4.42 Å². The quantitative estimate of drug-likeness (QED) is 0.531. The Morgan fingerprint density at radius 2 is 1.26 bits per heavy atom. The molecule has 3 atom stereocenters. The maximum atomic E-state index is 12.9. The molecule has 2 aromatic carbocycles. The molecular formula is C26H30N2O3. The standard InChI is InChI=1S/C26H30N2O3/c1-17(2)23(27-25(29)20-11-7-5-8-12-20)19(4)24(22-16-15-18(3)31-22)28-26(30)21-13-9-6-10-14-21/h5-17,19,23-24H,1-4H3,(H,27,29)(H,28,30)/t19-,23-,24+/m0/s1. The Labute approximate surface area is 183 Å². The lowest BCUT2D eigenvalue weighted by molar-refractivity contribution is 0.0860. The molecule has 5 heteroatoms. The number of hydrogen-bond acceptors (Lipinski definition) is 3. The Kier molecular flexibility index (Phi) is 7.29. The van der Waals surface area contributed by atoms with Crippen molar-refractivity contribution >= 4 is 11.8 Å². The second-order valence-corrected chi connectivity index (χ2v) is 8.23. The summed E-state index contributed by atoms with van der Waals surface area (Å²) < 4.78 is 5.90. The zero-order valence-electron chi connectivity index (χ0n) is 18.5. The Hall–Kier alpha value is -3.34. The summed E-state index contributed by atoms with van der Waals surface area (Å²) in [7, 11) is 0. The van der Waals surface area contributed by atoms with Crippen molar-refractivity contribution in [2.75, 3.05) is 0 Å². The van der Waals surface area contributed by atoms with Crippen LogP contribution in [0.25, 0.3) is 0 Å². The topological polar surface area (TPSA) is 71.3 Å². The lowest BCUT2D eigenvalue weighted by Crippen LogP contribution is -2.48. The average Bonchev–Trinajstić information content (AvgIpc) is 3.21. The van der Waals surface area contributed by atoms with Crippen LogP contribution < -0.4 is 10.6 Å². The van der Waals surface area contributed by atoms with Gasteiger partial charge in [0.2, 0.25) is 0 Å². The fourth-order valence-electron chi connectivity index (χ4n) is 3.83. The van der Waals surface area contributed by atoms with E-state index in [1.165, 1.54) is 0 Å². The van der Waals surface area contributed by atoms with Gasteiger partial charge in [-0.05, 0) is 49.2 Å². The van der Waals surface area contributed by atoms with Crippen LogP contribution in [0.2, 0.25) is 0 Å². The van der Waals surface area contributed by atoms with E-state index < -0.39 is 6.04 Å². The molecule has 0 bridgehead atoms. The van der Waals surface area contributed by atoms with Gasteiger partial charge in [-0.15, -0.1) is 0 Å². The molecule has 1 aromatic heterocycles. The third kappa shape index (κ3) is 5.63. The molecular weight excluding hydrogens is 388 g/mol. The molecule has 1 heterocycles. The van der Waals surface area contributed by atoms with Crippen molar-refractivity contribution < 1.29 is 14.0 Å². The third-order valence-electron chi connectivity index (χ3n) is 5.53. The van der Waals surface area contributed by atoms with Crippen LogP contribution >= 0.6 is 0 Å². The molecule has 0 aliphatic rings. The maximum absolute atomic E-state index is 12.9. The molecule has 5 nitrogen and oxygen atoms in total. The van der Waals surface area contributed by atoms with Crippen LogP contribution in [0.3, 0.4) is 0 Å². The van der Waals surface area contributed by atoms with E-state index in [-0.39, 0.29) is 29.7 Å². The van der Waals surface area contributed by atoms with Crippen LogP contribution in [-0.4, -0.2) is 17.9 Å². The molecule has 2 amide bonds. The lowest BCUT2D eigenvalue weighted by Gasteiger charge is -2.34. The van der Waals surface area contributed by atoms with Crippen molar-refractivity contribution in [3.63, 3.8) is 0 Å². The second kappa shape index (κ2) is 10.1. The van der Waals surface area contributed by atoms with Gasteiger partial charge in [-0.25, -0.2) is 0 Å². The van der Waals surface area contributed by atoms with Gasteiger partial charge in [-0.2, -0.15) is 0 Å². The van der Waals surface area contributed by atoms with Crippen LogP contribution in [-0.2, 0) is 0 Å². The molecule has 0 saturated heterocycles. The normalized spacial score (nSPS) is 14.0. The summed E-state index contributed by atoms with van der Waals surface area (Å²) >= 11 is 0. The Morgan fingerprint density at radius 1 is 0.742 bits per heavy atom. The first-order chi connectivity index (χ1) is 14.9. The molecule has 2 N–H and O–H groups in total. The summed E-state index contributed by atoms with van der Waals surface area (Å²) in [5, 5.41) is 6.30. The summed E-state index contributed by atoms with van der Waals surface area (Å²) in [6.07, 6.45) is 0. The second-order valence-electron chi connectivity index (χ2n) is 8.23. The number of carbonyl (C=O) groups is 2. The number of rotatable bonds is 8. The lowest BCUT2D eigenvalue weighted by atomic mass is 9.84. The number of benzene rings is 2. The first-order valence-corrected chi connectivity index (χ1v) is 10.6. The van der Waals surface area contributed by atoms with Crippen LogP contribution in [0, 0.1) is 18.8 Å². The van der Waals surface area contributed by atoms with Gasteiger partial charge in [-0.3, -0.25) is 9.59 Å². The van der Waals surface area contributed by atoms with Gasteiger partial charge in [0, 0.05) is 23.1 Å². The first-order valence-electron chi connectivity index (χ1n) is 10.6. The summed E-state index contributed by atoms with van der Waals surface area (Å²) in [5.41, 5.74) is 1.19. The van der Waals surface area contributed by atoms with Crippen molar-refractivity contribution in [3.8, 4) is 0 Å². The van der Waals surface area contributed by atoms with Crippen molar-refractivity contribution in [3.05, 3.63) is 95.4 Å². The molecule has 162 valence electrons. The van der Waals surface area contributed by atoms with Crippen LogP contribution in [0.5, 0.6) is 0 Å². The SMILES string of the molecule is Cc1ccc([C@H](NC(=O)c2ccccc2)[C@@H](C)[C@@H](NC(=O)c2ccccc2)C(C)C)o1. The highest BCUT2D eigenvalue weighted by Gasteiger charge is 2.33. The van der Waals surface area contributed by atoms with E-state index in [1.54, 1.807) is 24.3 Å². The van der Waals surface area contributed by atoms with E-state index in [1.807, 2.05) is 62.4 Å². The fraction of sp³-hybridized carbons (Fsp3) is 0.308. The van der Waals surface area contributed by atoms with E-state index >= 15 is 0 Å². The Balaban J connectivity index is 1.86. The van der Waals surface area contributed by atoms with Crippen molar-refractivity contribution in [1.29, 1.82) is 0 Å². The van der Waals surface area contributed by atoms with Gasteiger partial charge in [0.15, 0.2) is 0 Å². The van der Waals surface area contributed by atoms with Crippen LogP contribution in [0.15, 0.2) is 77.2 Å². The molecule has 0 saturated carbocycles. The maximum Gasteiger partial charge on any atom is 0.251 e. The van der Waals surface area contributed by atoms with Gasteiger partial charge in [0.1, 0.15) is 11.5 Å². The zero-order chi connectivity index (χ0) is 22.4.